The minimum absolute atomic E-state index is 0.0210. The maximum Gasteiger partial charge on any atom is 0.239 e. The summed E-state index contributed by atoms with van der Waals surface area (Å²) in [7, 11) is 0. The molecule has 2 aromatic rings. The van der Waals surface area contributed by atoms with Crippen LogP contribution >= 0.6 is 11.8 Å². The minimum Gasteiger partial charge on any atom is -0.399 e. The van der Waals surface area contributed by atoms with Crippen molar-refractivity contribution in [2.75, 3.05) is 12.0 Å². The number of thioether (sulfide) groups is 1. The Morgan fingerprint density at radius 1 is 1.25 bits per heavy atom. The molecular formula is C19H21N3OS. The number of fused-ring (bicyclic) bond motifs is 1. The topological polar surface area (TPSA) is 58.7 Å². The molecule has 1 aliphatic heterocycles. The molecule has 2 aromatic carbocycles. The van der Waals surface area contributed by atoms with Crippen molar-refractivity contribution in [2.45, 2.75) is 31.2 Å². The summed E-state index contributed by atoms with van der Waals surface area (Å²) < 4.78 is 0. The predicted octanol–water partition coefficient (Wildman–Crippen LogP) is 3.54. The maximum atomic E-state index is 12.1. The van der Waals surface area contributed by atoms with Crippen molar-refractivity contribution < 1.29 is 4.79 Å². The number of nitrogens with zero attached hydrogens (tertiary/aromatic N) is 2. The van der Waals surface area contributed by atoms with Gasteiger partial charge in [-0.1, -0.05) is 18.2 Å². The summed E-state index contributed by atoms with van der Waals surface area (Å²) in [6, 6.07) is 14.1. The van der Waals surface area contributed by atoms with Crippen LogP contribution in [0, 0.1) is 0 Å². The smallest absolute Gasteiger partial charge is 0.239 e. The number of amides is 1. The summed E-state index contributed by atoms with van der Waals surface area (Å²) in [6.45, 7) is 3.59. The number of rotatable bonds is 2. The van der Waals surface area contributed by atoms with Crippen molar-refractivity contribution in [1.29, 1.82) is 0 Å². The van der Waals surface area contributed by atoms with E-state index in [0.717, 1.165) is 23.3 Å². The van der Waals surface area contributed by atoms with Crippen LogP contribution < -0.4 is 5.73 Å². The van der Waals surface area contributed by atoms with Gasteiger partial charge in [0.1, 0.15) is 0 Å². The van der Waals surface area contributed by atoms with Crippen LogP contribution in [0.2, 0.25) is 0 Å². The van der Waals surface area contributed by atoms with Crippen LogP contribution in [0.1, 0.15) is 30.5 Å². The van der Waals surface area contributed by atoms with Gasteiger partial charge in [0.25, 0.3) is 0 Å². The van der Waals surface area contributed by atoms with Gasteiger partial charge in [0.2, 0.25) is 5.91 Å². The number of hydrogen-bond acceptors (Lipinski definition) is 4. The highest BCUT2D eigenvalue weighted by molar-refractivity contribution is 7.98. The number of nitrogens with two attached hydrogens (primary N) is 1. The van der Waals surface area contributed by atoms with Gasteiger partial charge in [-0.25, -0.2) is 5.01 Å². The number of anilines is 1. The highest BCUT2D eigenvalue weighted by atomic mass is 32.2. The lowest BCUT2D eigenvalue weighted by molar-refractivity contribution is -0.130. The Morgan fingerprint density at radius 2 is 1.96 bits per heavy atom. The monoisotopic (exact) mass is 339 g/mol. The molecule has 1 heterocycles. The lowest BCUT2D eigenvalue weighted by Crippen LogP contribution is -2.33. The van der Waals surface area contributed by atoms with Crippen molar-refractivity contribution in [2.24, 2.45) is 5.10 Å². The van der Waals surface area contributed by atoms with Gasteiger partial charge in [-0.05, 0) is 49.4 Å². The highest BCUT2D eigenvalue weighted by Gasteiger charge is 2.25. The number of hydrazone groups is 1. The minimum atomic E-state index is -0.0478. The predicted molar refractivity (Wildman–Crippen MR) is 100 cm³/mol. The van der Waals surface area contributed by atoms with E-state index in [1.54, 1.807) is 23.7 Å². The van der Waals surface area contributed by atoms with Crippen LogP contribution in [0.3, 0.4) is 0 Å². The van der Waals surface area contributed by atoms with Crippen molar-refractivity contribution in [3.05, 3.63) is 59.2 Å². The normalized spacial score (nSPS) is 17.0. The molecule has 0 spiro atoms. The standard InChI is InChI=1S/C19H21N3OS/c1-12-10-15-6-9-17(24-3)11-18(15)19(21-22(12)13(2)23)14-4-7-16(20)8-5-14/h4-9,11-12H,10,20H2,1-3H3. The van der Waals surface area contributed by atoms with Crippen molar-refractivity contribution >= 4 is 29.1 Å². The second-order valence-electron chi connectivity index (χ2n) is 6.01. The zero-order chi connectivity index (χ0) is 17.3. The van der Waals surface area contributed by atoms with Gasteiger partial charge in [0, 0.05) is 28.6 Å². The lowest BCUT2D eigenvalue weighted by atomic mass is 9.94. The second-order valence-corrected chi connectivity index (χ2v) is 6.89. The van der Waals surface area contributed by atoms with Gasteiger partial charge in [-0.2, -0.15) is 5.10 Å². The average molecular weight is 339 g/mol. The molecule has 0 aromatic heterocycles. The van der Waals surface area contributed by atoms with Gasteiger partial charge in [0.05, 0.1) is 11.8 Å². The van der Waals surface area contributed by atoms with E-state index in [1.807, 2.05) is 31.2 Å². The number of carbonyl (C=O) groups excluding carboxylic acids is 1. The Morgan fingerprint density at radius 3 is 2.58 bits per heavy atom. The van der Waals surface area contributed by atoms with E-state index in [-0.39, 0.29) is 11.9 Å². The summed E-state index contributed by atoms with van der Waals surface area (Å²) in [6.07, 6.45) is 2.84. The van der Waals surface area contributed by atoms with Gasteiger partial charge in [-0.3, -0.25) is 4.79 Å². The van der Waals surface area contributed by atoms with Crippen LogP contribution in [0.4, 0.5) is 5.69 Å². The first kappa shape index (κ1) is 16.6. The zero-order valence-electron chi connectivity index (χ0n) is 14.1. The largest absolute Gasteiger partial charge is 0.399 e. The second kappa shape index (κ2) is 6.69. The molecule has 24 heavy (non-hydrogen) atoms. The third-order valence-electron chi connectivity index (χ3n) is 4.22. The molecule has 1 unspecified atom stereocenters. The number of benzene rings is 2. The van der Waals surface area contributed by atoms with Gasteiger partial charge >= 0.3 is 0 Å². The van der Waals surface area contributed by atoms with E-state index in [1.165, 1.54) is 10.5 Å². The molecule has 0 bridgehead atoms. The summed E-state index contributed by atoms with van der Waals surface area (Å²) in [4.78, 5) is 13.2. The molecule has 0 saturated heterocycles. The molecule has 4 nitrogen and oxygen atoms in total. The number of nitrogen functional groups attached to an aromatic ring is 1. The summed E-state index contributed by atoms with van der Waals surface area (Å²) in [5.41, 5.74) is 10.6. The maximum absolute atomic E-state index is 12.1. The Bertz CT molecular complexity index is 799. The number of hydrogen-bond donors (Lipinski definition) is 1. The third kappa shape index (κ3) is 3.17. The molecule has 5 heteroatoms. The Balaban J connectivity index is 2.21. The molecule has 1 aliphatic rings. The first-order chi connectivity index (χ1) is 11.5. The Hall–Kier alpha value is -2.27. The zero-order valence-corrected chi connectivity index (χ0v) is 14.9. The molecule has 2 N–H and O–H groups in total. The third-order valence-corrected chi connectivity index (χ3v) is 4.94. The Labute approximate surface area is 146 Å². The van der Waals surface area contributed by atoms with Crippen LogP contribution in [0.15, 0.2) is 52.5 Å². The van der Waals surface area contributed by atoms with Gasteiger partial charge in [0.15, 0.2) is 0 Å². The van der Waals surface area contributed by atoms with Gasteiger partial charge < -0.3 is 5.73 Å². The molecular weight excluding hydrogens is 318 g/mol. The van der Waals surface area contributed by atoms with Crippen LogP contribution in [0.5, 0.6) is 0 Å². The van der Waals surface area contributed by atoms with Crippen molar-refractivity contribution in [3.8, 4) is 0 Å². The molecule has 1 amide bonds. The van der Waals surface area contributed by atoms with Gasteiger partial charge in [-0.15, -0.1) is 11.8 Å². The highest BCUT2D eigenvalue weighted by Crippen LogP contribution is 2.27. The quantitative estimate of drug-likeness (QED) is 0.672. The van der Waals surface area contributed by atoms with Crippen LogP contribution in [-0.4, -0.2) is 28.9 Å². The van der Waals surface area contributed by atoms with Crippen molar-refractivity contribution in [3.63, 3.8) is 0 Å². The van der Waals surface area contributed by atoms with E-state index in [4.69, 9.17) is 10.8 Å². The summed E-state index contributed by atoms with van der Waals surface area (Å²) in [5, 5.41) is 6.31. The molecule has 3 rings (SSSR count). The fraction of sp³-hybridized carbons (Fsp3) is 0.263. The van der Waals surface area contributed by atoms with E-state index >= 15 is 0 Å². The fourth-order valence-electron chi connectivity index (χ4n) is 2.98. The SMILES string of the molecule is CSc1ccc2c(c1)C(c1ccc(N)cc1)=NN(C(C)=O)C(C)C2. The molecule has 0 aliphatic carbocycles. The van der Waals surface area contributed by atoms with Crippen LogP contribution in [-0.2, 0) is 11.2 Å². The molecule has 1 atom stereocenters. The van der Waals surface area contributed by atoms with Crippen LogP contribution in [0.25, 0.3) is 0 Å². The van der Waals surface area contributed by atoms with E-state index in [2.05, 4.69) is 24.5 Å². The Kier molecular flexibility index (Phi) is 4.62. The average Bonchev–Trinajstić information content (AvgIpc) is 2.71. The molecule has 0 saturated carbocycles. The first-order valence-electron chi connectivity index (χ1n) is 7.91. The van der Waals surface area contributed by atoms with E-state index in [9.17, 15) is 4.79 Å². The number of carbonyl (C=O) groups is 1. The summed E-state index contributed by atoms with van der Waals surface area (Å²) in [5.74, 6) is -0.0478. The summed E-state index contributed by atoms with van der Waals surface area (Å²) >= 11 is 1.70. The lowest BCUT2D eigenvalue weighted by Gasteiger charge is -2.21. The fourth-order valence-corrected chi connectivity index (χ4v) is 3.42. The molecule has 0 fully saturated rings. The van der Waals surface area contributed by atoms with E-state index < -0.39 is 0 Å². The molecule has 124 valence electrons. The molecule has 0 radical (unpaired) electrons. The van der Waals surface area contributed by atoms with Crippen molar-refractivity contribution in [1.82, 2.24) is 5.01 Å². The van der Waals surface area contributed by atoms with E-state index in [0.29, 0.717) is 5.69 Å². The first-order valence-corrected chi connectivity index (χ1v) is 9.13.